The van der Waals surface area contributed by atoms with E-state index in [0.29, 0.717) is 12.2 Å². The summed E-state index contributed by atoms with van der Waals surface area (Å²) in [6.07, 6.45) is 3.15. The van der Waals surface area contributed by atoms with Gasteiger partial charge in [-0.2, -0.15) is 0 Å². The highest BCUT2D eigenvalue weighted by molar-refractivity contribution is 7.93. The van der Waals surface area contributed by atoms with Crippen molar-refractivity contribution in [2.45, 2.75) is 26.0 Å². The van der Waals surface area contributed by atoms with Crippen LogP contribution in [0, 0.1) is 6.92 Å². The van der Waals surface area contributed by atoms with Crippen molar-refractivity contribution in [1.82, 2.24) is 10.3 Å². The largest absolute Gasteiger partial charge is 0.316 e. The Bertz CT molecular complexity index is 460. The molecule has 0 saturated heterocycles. The molecular formula is C11H19N3O2S. The minimum absolute atomic E-state index is 0.436. The summed E-state index contributed by atoms with van der Waals surface area (Å²) in [5.74, 6) is 0. The SMILES string of the molecule is CCNCC(C)S(=O)(=O)Nc1cnccc1C. The molecule has 1 aromatic rings. The van der Waals surface area contributed by atoms with Gasteiger partial charge in [-0.05, 0) is 32.0 Å². The minimum atomic E-state index is -3.36. The van der Waals surface area contributed by atoms with Crippen LogP contribution in [0.3, 0.4) is 0 Å². The zero-order valence-electron chi connectivity index (χ0n) is 10.4. The Hall–Kier alpha value is -1.14. The maximum absolute atomic E-state index is 12.0. The summed E-state index contributed by atoms with van der Waals surface area (Å²) in [6, 6.07) is 1.77. The van der Waals surface area contributed by atoms with Crippen molar-refractivity contribution in [3.63, 3.8) is 0 Å². The molecule has 1 rings (SSSR count). The van der Waals surface area contributed by atoms with Gasteiger partial charge < -0.3 is 5.32 Å². The van der Waals surface area contributed by atoms with Gasteiger partial charge in [-0.15, -0.1) is 0 Å². The summed E-state index contributed by atoms with van der Waals surface area (Å²) in [4.78, 5) is 3.91. The number of rotatable bonds is 6. The van der Waals surface area contributed by atoms with Crippen molar-refractivity contribution in [3.8, 4) is 0 Å². The first-order valence-electron chi connectivity index (χ1n) is 5.60. The summed E-state index contributed by atoms with van der Waals surface area (Å²) < 4.78 is 26.5. The molecule has 0 amide bonds. The number of pyridine rings is 1. The standard InChI is InChI=1S/C11H19N3O2S/c1-4-12-7-10(3)17(15,16)14-11-8-13-6-5-9(11)2/h5-6,8,10,12,14H,4,7H2,1-3H3. The lowest BCUT2D eigenvalue weighted by Gasteiger charge is -2.15. The van der Waals surface area contributed by atoms with E-state index in [1.165, 1.54) is 6.20 Å². The Labute approximate surface area is 103 Å². The number of nitrogens with zero attached hydrogens (tertiary/aromatic N) is 1. The molecule has 1 atom stereocenters. The van der Waals surface area contributed by atoms with E-state index in [2.05, 4.69) is 15.0 Å². The van der Waals surface area contributed by atoms with Gasteiger partial charge in [0.25, 0.3) is 0 Å². The van der Waals surface area contributed by atoms with E-state index < -0.39 is 15.3 Å². The molecule has 0 aliphatic carbocycles. The highest BCUT2D eigenvalue weighted by Gasteiger charge is 2.20. The molecule has 0 aliphatic heterocycles. The van der Waals surface area contributed by atoms with E-state index in [9.17, 15) is 8.42 Å². The Morgan fingerprint density at radius 1 is 1.47 bits per heavy atom. The van der Waals surface area contributed by atoms with Crippen molar-refractivity contribution in [1.29, 1.82) is 0 Å². The van der Waals surface area contributed by atoms with Crippen molar-refractivity contribution >= 4 is 15.7 Å². The molecule has 1 unspecified atom stereocenters. The molecule has 0 aromatic carbocycles. The number of nitrogens with one attached hydrogen (secondary N) is 2. The topological polar surface area (TPSA) is 71.1 Å². The monoisotopic (exact) mass is 257 g/mol. The maximum Gasteiger partial charge on any atom is 0.236 e. The lowest BCUT2D eigenvalue weighted by molar-refractivity contribution is 0.579. The van der Waals surface area contributed by atoms with Crippen LogP contribution in [0.1, 0.15) is 19.4 Å². The summed E-state index contributed by atoms with van der Waals surface area (Å²) in [5, 5.41) is 2.54. The average Bonchev–Trinajstić information content (AvgIpc) is 2.28. The molecule has 0 spiro atoms. The molecule has 96 valence electrons. The fourth-order valence-electron chi connectivity index (χ4n) is 1.28. The minimum Gasteiger partial charge on any atom is -0.316 e. The smallest absolute Gasteiger partial charge is 0.236 e. The number of hydrogen-bond acceptors (Lipinski definition) is 4. The van der Waals surface area contributed by atoms with Crippen LogP contribution >= 0.6 is 0 Å². The molecule has 5 nitrogen and oxygen atoms in total. The van der Waals surface area contributed by atoms with Gasteiger partial charge in [-0.1, -0.05) is 6.92 Å². The predicted molar refractivity (Wildman–Crippen MR) is 69.5 cm³/mol. The third-order valence-corrected chi connectivity index (χ3v) is 4.23. The van der Waals surface area contributed by atoms with E-state index in [4.69, 9.17) is 0 Å². The van der Waals surface area contributed by atoms with Crippen LogP contribution < -0.4 is 10.0 Å². The van der Waals surface area contributed by atoms with E-state index in [1.807, 2.05) is 13.8 Å². The summed E-state index contributed by atoms with van der Waals surface area (Å²) >= 11 is 0. The zero-order valence-corrected chi connectivity index (χ0v) is 11.2. The molecule has 6 heteroatoms. The van der Waals surface area contributed by atoms with Crippen molar-refractivity contribution < 1.29 is 8.42 Å². The quantitative estimate of drug-likeness (QED) is 0.801. The molecule has 0 bridgehead atoms. The van der Waals surface area contributed by atoms with E-state index in [-0.39, 0.29) is 0 Å². The first-order chi connectivity index (χ1) is 7.97. The van der Waals surface area contributed by atoms with Gasteiger partial charge in [-0.3, -0.25) is 9.71 Å². The Morgan fingerprint density at radius 3 is 2.76 bits per heavy atom. The van der Waals surface area contributed by atoms with Gasteiger partial charge in [0.05, 0.1) is 17.1 Å². The molecule has 0 fully saturated rings. The lowest BCUT2D eigenvalue weighted by atomic mass is 10.3. The van der Waals surface area contributed by atoms with E-state index in [0.717, 1.165) is 12.1 Å². The molecule has 17 heavy (non-hydrogen) atoms. The van der Waals surface area contributed by atoms with Crippen LogP contribution in [0.15, 0.2) is 18.5 Å². The molecule has 1 heterocycles. The molecule has 0 radical (unpaired) electrons. The van der Waals surface area contributed by atoms with Gasteiger partial charge in [-0.25, -0.2) is 8.42 Å². The molecule has 0 aliphatic rings. The van der Waals surface area contributed by atoms with Crippen LogP contribution in [0.2, 0.25) is 0 Å². The van der Waals surface area contributed by atoms with Crippen molar-refractivity contribution in [2.24, 2.45) is 0 Å². The third-order valence-electron chi connectivity index (χ3n) is 2.50. The van der Waals surface area contributed by atoms with E-state index in [1.54, 1.807) is 19.2 Å². The second-order valence-electron chi connectivity index (χ2n) is 3.96. The fraction of sp³-hybridized carbons (Fsp3) is 0.545. The highest BCUT2D eigenvalue weighted by atomic mass is 32.2. The number of anilines is 1. The van der Waals surface area contributed by atoms with E-state index >= 15 is 0 Å². The average molecular weight is 257 g/mol. The van der Waals surface area contributed by atoms with Crippen LogP contribution in [0.5, 0.6) is 0 Å². The van der Waals surface area contributed by atoms with Gasteiger partial charge in [0.1, 0.15) is 0 Å². The molecular weight excluding hydrogens is 238 g/mol. The summed E-state index contributed by atoms with van der Waals surface area (Å²) in [5.41, 5.74) is 1.40. The Morgan fingerprint density at radius 2 is 2.18 bits per heavy atom. The molecule has 0 saturated carbocycles. The Balaban J connectivity index is 2.76. The van der Waals surface area contributed by atoms with Gasteiger partial charge in [0, 0.05) is 12.7 Å². The van der Waals surface area contributed by atoms with Crippen LogP contribution in [-0.2, 0) is 10.0 Å². The second-order valence-corrected chi connectivity index (χ2v) is 6.05. The normalized spacial score (nSPS) is 13.4. The number of aryl methyl sites for hydroxylation is 1. The first kappa shape index (κ1) is 13.9. The maximum atomic E-state index is 12.0. The lowest BCUT2D eigenvalue weighted by Crippen LogP contribution is -2.34. The fourth-order valence-corrected chi connectivity index (χ4v) is 2.34. The van der Waals surface area contributed by atoms with Crippen LogP contribution in [0.4, 0.5) is 5.69 Å². The Kier molecular flexibility index (Phi) is 4.89. The molecule has 2 N–H and O–H groups in total. The van der Waals surface area contributed by atoms with Gasteiger partial charge in [0.15, 0.2) is 0 Å². The summed E-state index contributed by atoms with van der Waals surface area (Å²) in [6.45, 7) is 6.65. The second kappa shape index (κ2) is 5.97. The summed E-state index contributed by atoms with van der Waals surface area (Å²) in [7, 11) is -3.36. The first-order valence-corrected chi connectivity index (χ1v) is 7.15. The van der Waals surface area contributed by atoms with Crippen LogP contribution in [-0.4, -0.2) is 31.7 Å². The number of sulfonamides is 1. The van der Waals surface area contributed by atoms with Gasteiger partial charge >= 0.3 is 0 Å². The third kappa shape index (κ3) is 3.98. The molecule has 1 aromatic heterocycles. The van der Waals surface area contributed by atoms with Gasteiger partial charge in [0.2, 0.25) is 10.0 Å². The number of hydrogen-bond donors (Lipinski definition) is 2. The zero-order chi connectivity index (χ0) is 12.9. The van der Waals surface area contributed by atoms with Crippen molar-refractivity contribution in [2.75, 3.05) is 17.8 Å². The highest BCUT2D eigenvalue weighted by Crippen LogP contribution is 2.15. The number of aromatic nitrogens is 1. The van der Waals surface area contributed by atoms with Crippen molar-refractivity contribution in [3.05, 3.63) is 24.0 Å². The predicted octanol–water partition coefficient (Wildman–Crippen LogP) is 1.13. The van der Waals surface area contributed by atoms with Crippen LogP contribution in [0.25, 0.3) is 0 Å².